The molecule has 0 amide bonds. The Balaban J connectivity index is 1.75. The van der Waals surface area contributed by atoms with Crippen molar-refractivity contribution < 1.29 is 0 Å². The molecule has 1 saturated heterocycles. The number of hydrogen-bond acceptors (Lipinski definition) is 3. The van der Waals surface area contributed by atoms with Crippen LogP contribution in [0.5, 0.6) is 0 Å². The van der Waals surface area contributed by atoms with E-state index in [4.69, 9.17) is 0 Å². The van der Waals surface area contributed by atoms with E-state index < -0.39 is 0 Å². The first kappa shape index (κ1) is 14.1. The van der Waals surface area contributed by atoms with Crippen LogP contribution in [0, 0.1) is 5.92 Å². The van der Waals surface area contributed by atoms with Gasteiger partial charge in [-0.15, -0.1) is 0 Å². The summed E-state index contributed by atoms with van der Waals surface area (Å²) in [6, 6.07) is 2.78. The highest BCUT2D eigenvalue weighted by Gasteiger charge is 2.41. The van der Waals surface area contributed by atoms with Crippen LogP contribution in [0.25, 0.3) is 0 Å². The Labute approximate surface area is 122 Å². The summed E-state index contributed by atoms with van der Waals surface area (Å²) in [5, 5.41) is 8.45. The lowest BCUT2D eigenvalue weighted by Crippen LogP contribution is -2.64. The largest absolute Gasteiger partial charge is 0.308 e. The van der Waals surface area contributed by atoms with Gasteiger partial charge in [-0.25, -0.2) is 0 Å². The van der Waals surface area contributed by atoms with Crippen LogP contribution >= 0.6 is 0 Å². The van der Waals surface area contributed by atoms with Crippen molar-refractivity contribution in [1.29, 1.82) is 0 Å². The number of aryl methyl sites for hydroxylation is 1. The van der Waals surface area contributed by atoms with Crippen LogP contribution in [0.2, 0.25) is 0 Å². The first-order valence-corrected chi connectivity index (χ1v) is 8.06. The molecule has 1 spiro atoms. The van der Waals surface area contributed by atoms with Crippen LogP contribution in [-0.4, -0.2) is 39.4 Å². The van der Waals surface area contributed by atoms with Crippen LogP contribution in [0.15, 0.2) is 12.3 Å². The highest BCUT2D eigenvalue weighted by atomic mass is 15.3. The maximum atomic E-state index is 4.57. The van der Waals surface area contributed by atoms with Crippen LogP contribution in [-0.2, 0) is 13.6 Å². The Morgan fingerprint density at radius 1 is 1.40 bits per heavy atom. The minimum absolute atomic E-state index is 0.389. The molecular formula is C16H28N4. The van der Waals surface area contributed by atoms with Gasteiger partial charge in [-0.2, -0.15) is 5.10 Å². The van der Waals surface area contributed by atoms with E-state index in [1.807, 2.05) is 17.9 Å². The highest BCUT2D eigenvalue weighted by Crippen LogP contribution is 2.34. The SMILES string of the molecule is CC(C)C1CNC2(CCCC2)CN1Cc1ccn(C)n1. The molecule has 1 unspecified atom stereocenters. The molecule has 1 atom stereocenters. The topological polar surface area (TPSA) is 33.1 Å². The first-order chi connectivity index (χ1) is 9.58. The fourth-order valence-electron chi connectivity index (χ4n) is 3.98. The molecular weight excluding hydrogens is 248 g/mol. The standard InChI is InChI=1S/C16H28N4/c1-13(2)15-10-17-16(7-4-5-8-16)12-20(15)11-14-6-9-19(3)18-14/h6,9,13,15,17H,4-5,7-8,10-12H2,1-3H3. The molecule has 20 heavy (non-hydrogen) atoms. The molecule has 3 rings (SSSR count). The van der Waals surface area contributed by atoms with Gasteiger partial charge in [0.05, 0.1) is 5.69 Å². The van der Waals surface area contributed by atoms with E-state index in [1.165, 1.54) is 37.9 Å². The average molecular weight is 276 g/mol. The Bertz CT molecular complexity index is 445. The van der Waals surface area contributed by atoms with Gasteiger partial charge in [0.15, 0.2) is 0 Å². The van der Waals surface area contributed by atoms with Gasteiger partial charge in [-0.05, 0) is 24.8 Å². The first-order valence-electron chi connectivity index (χ1n) is 8.06. The van der Waals surface area contributed by atoms with E-state index >= 15 is 0 Å². The predicted octanol–water partition coefficient (Wildman–Crippen LogP) is 2.16. The van der Waals surface area contributed by atoms with Gasteiger partial charge in [0, 0.05) is 44.5 Å². The third-order valence-corrected chi connectivity index (χ3v) is 5.13. The second kappa shape index (κ2) is 5.49. The van der Waals surface area contributed by atoms with Crippen molar-refractivity contribution in [2.45, 2.75) is 57.7 Å². The van der Waals surface area contributed by atoms with E-state index in [2.05, 4.69) is 35.2 Å². The summed E-state index contributed by atoms with van der Waals surface area (Å²) < 4.78 is 1.91. The van der Waals surface area contributed by atoms with Gasteiger partial charge < -0.3 is 5.32 Å². The molecule has 1 saturated carbocycles. The monoisotopic (exact) mass is 276 g/mol. The number of nitrogens with zero attached hydrogens (tertiary/aromatic N) is 3. The van der Waals surface area contributed by atoms with Crippen molar-refractivity contribution >= 4 is 0 Å². The lowest BCUT2D eigenvalue weighted by molar-refractivity contribution is 0.0496. The zero-order valence-electron chi connectivity index (χ0n) is 13.1. The van der Waals surface area contributed by atoms with Gasteiger partial charge in [-0.1, -0.05) is 26.7 Å². The van der Waals surface area contributed by atoms with Gasteiger partial charge in [0.2, 0.25) is 0 Å². The predicted molar refractivity (Wildman–Crippen MR) is 81.4 cm³/mol. The minimum atomic E-state index is 0.389. The molecule has 112 valence electrons. The molecule has 0 bridgehead atoms. The van der Waals surface area contributed by atoms with Crippen LogP contribution in [0.3, 0.4) is 0 Å². The zero-order chi connectivity index (χ0) is 14.2. The minimum Gasteiger partial charge on any atom is -0.308 e. The van der Waals surface area contributed by atoms with Crippen molar-refractivity contribution in [3.8, 4) is 0 Å². The van der Waals surface area contributed by atoms with E-state index in [0.717, 1.165) is 13.1 Å². The summed E-state index contributed by atoms with van der Waals surface area (Å²) >= 11 is 0. The summed E-state index contributed by atoms with van der Waals surface area (Å²) in [4.78, 5) is 2.68. The molecule has 1 aliphatic heterocycles. The molecule has 2 aliphatic rings. The van der Waals surface area contributed by atoms with Crippen LogP contribution < -0.4 is 5.32 Å². The van der Waals surface area contributed by atoms with Crippen LogP contribution in [0.4, 0.5) is 0 Å². The average Bonchev–Trinajstić information content (AvgIpc) is 2.99. The third-order valence-electron chi connectivity index (χ3n) is 5.13. The lowest BCUT2D eigenvalue weighted by Gasteiger charge is -2.47. The van der Waals surface area contributed by atoms with Gasteiger partial charge >= 0.3 is 0 Å². The molecule has 4 nitrogen and oxygen atoms in total. The fraction of sp³-hybridized carbons (Fsp3) is 0.812. The molecule has 4 heteroatoms. The number of piperazine rings is 1. The van der Waals surface area contributed by atoms with E-state index in [0.29, 0.717) is 17.5 Å². The van der Waals surface area contributed by atoms with E-state index in [9.17, 15) is 0 Å². The van der Waals surface area contributed by atoms with Gasteiger partial charge in [-0.3, -0.25) is 9.58 Å². The molecule has 1 aromatic rings. The molecule has 1 N–H and O–H groups in total. The normalized spacial score (nSPS) is 26.7. The quantitative estimate of drug-likeness (QED) is 0.918. The Morgan fingerprint density at radius 3 is 2.75 bits per heavy atom. The summed E-state index contributed by atoms with van der Waals surface area (Å²) in [5.74, 6) is 0.685. The Hall–Kier alpha value is -0.870. The van der Waals surface area contributed by atoms with Gasteiger partial charge in [0.25, 0.3) is 0 Å². The van der Waals surface area contributed by atoms with Crippen molar-refractivity contribution in [3.05, 3.63) is 18.0 Å². The Morgan fingerprint density at radius 2 is 2.15 bits per heavy atom. The zero-order valence-corrected chi connectivity index (χ0v) is 13.1. The number of aromatic nitrogens is 2. The van der Waals surface area contributed by atoms with E-state index in [1.54, 1.807) is 0 Å². The second-order valence-electron chi connectivity index (χ2n) is 7.07. The van der Waals surface area contributed by atoms with Crippen molar-refractivity contribution in [2.24, 2.45) is 13.0 Å². The number of rotatable bonds is 3. The smallest absolute Gasteiger partial charge is 0.0764 e. The molecule has 1 aliphatic carbocycles. The van der Waals surface area contributed by atoms with E-state index in [-0.39, 0.29) is 0 Å². The molecule has 1 aromatic heterocycles. The number of hydrogen-bond donors (Lipinski definition) is 1. The summed E-state index contributed by atoms with van der Waals surface area (Å²) in [5.41, 5.74) is 1.59. The molecule has 2 fully saturated rings. The summed E-state index contributed by atoms with van der Waals surface area (Å²) in [7, 11) is 2.00. The van der Waals surface area contributed by atoms with Crippen LogP contribution in [0.1, 0.15) is 45.2 Å². The van der Waals surface area contributed by atoms with Crippen molar-refractivity contribution in [1.82, 2.24) is 20.0 Å². The third kappa shape index (κ3) is 2.77. The van der Waals surface area contributed by atoms with Crippen molar-refractivity contribution in [2.75, 3.05) is 13.1 Å². The van der Waals surface area contributed by atoms with Crippen molar-refractivity contribution in [3.63, 3.8) is 0 Å². The summed E-state index contributed by atoms with van der Waals surface area (Å²) in [6.07, 6.45) is 7.51. The molecule has 0 aromatic carbocycles. The fourth-order valence-corrected chi connectivity index (χ4v) is 3.98. The second-order valence-corrected chi connectivity index (χ2v) is 7.07. The van der Waals surface area contributed by atoms with Gasteiger partial charge in [0.1, 0.15) is 0 Å². The molecule has 2 heterocycles. The highest BCUT2D eigenvalue weighted by molar-refractivity contribution is 5.05. The summed E-state index contributed by atoms with van der Waals surface area (Å²) in [6.45, 7) is 7.98. The maximum absolute atomic E-state index is 4.57. The molecule has 0 radical (unpaired) electrons. The number of nitrogens with one attached hydrogen (secondary N) is 1. The maximum Gasteiger partial charge on any atom is 0.0764 e. The lowest BCUT2D eigenvalue weighted by atomic mass is 9.89. The Kier molecular flexibility index (Phi) is 3.87.